The summed E-state index contributed by atoms with van der Waals surface area (Å²) in [5.74, 6) is -1.11. The van der Waals surface area contributed by atoms with Crippen LogP contribution in [-0.2, 0) is 27.5 Å². The molecule has 1 aliphatic rings. The Labute approximate surface area is 183 Å². The Balaban J connectivity index is 2.00. The van der Waals surface area contributed by atoms with Gasteiger partial charge in [0.2, 0.25) is 21.8 Å². The van der Waals surface area contributed by atoms with Gasteiger partial charge in [-0.15, -0.1) is 0 Å². The van der Waals surface area contributed by atoms with Gasteiger partial charge in [0, 0.05) is 18.7 Å². The largest absolute Gasteiger partial charge is 0.416 e. The van der Waals surface area contributed by atoms with Crippen LogP contribution in [0.1, 0.15) is 40.7 Å². The van der Waals surface area contributed by atoms with Crippen molar-refractivity contribution in [3.63, 3.8) is 0 Å². The van der Waals surface area contributed by atoms with Crippen LogP contribution in [0.5, 0.6) is 0 Å². The highest BCUT2D eigenvalue weighted by Crippen LogP contribution is 2.31. The molecular weight excluding hydrogens is 447 g/mol. The van der Waals surface area contributed by atoms with E-state index in [1.54, 1.807) is 0 Å². The molecule has 0 aliphatic carbocycles. The molecule has 3 N–H and O–H groups in total. The first-order valence-corrected chi connectivity index (χ1v) is 11.3. The van der Waals surface area contributed by atoms with Crippen molar-refractivity contribution in [3.8, 4) is 0 Å². The lowest BCUT2D eigenvalue weighted by Gasteiger charge is -2.29. The molecule has 172 valence electrons. The highest BCUT2D eigenvalue weighted by molar-refractivity contribution is 7.89. The minimum absolute atomic E-state index is 0.208. The van der Waals surface area contributed by atoms with E-state index in [1.807, 2.05) is 0 Å². The molecule has 1 atom stereocenters. The number of carbonyl (C=O) groups is 2. The third-order valence-corrected chi connectivity index (χ3v) is 7.09. The SMILES string of the molecule is NC(=O)c1ccc(CN([C@@H]2CCCCNC2=O)S(=O)(=O)c2ccc(C(F)(F)F)cc2)cc1. The Hall–Kier alpha value is -2.92. The maximum absolute atomic E-state index is 13.4. The summed E-state index contributed by atoms with van der Waals surface area (Å²) in [5, 5.41) is 2.68. The van der Waals surface area contributed by atoms with Crippen LogP contribution < -0.4 is 11.1 Å². The number of nitrogens with one attached hydrogen (secondary N) is 1. The Bertz CT molecular complexity index is 1080. The summed E-state index contributed by atoms with van der Waals surface area (Å²) in [6.45, 7) is 0.206. The van der Waals surface area contributed by atoms with Crippen LogP contribution in [0, 0.1) is 0 Å². The first kappa shape index (κ1) is 23.7. The minimum atomic E-state index is -4.61. The normalized spacial score (nSPS) is 17.6. The molecule has 0 radical (unpaired) electrons. The third-order valence-electron chi connectivity index (χ3n) is 5.22. The van der Waals surface area contributed by atoms with Gasteiger partial charge in [-0.3, -0.25) is 9.59 Å². The van der Waals surface area contributed by atoms with E-state index in [2.05, 4.69) is 5.32 Å². The van der Waals surface area contributed by atoms with Crippen LogP contribution in [-0.4, -0.2) is 37.1 Å². The van der Waals surface area contributed by atoms with Crippen LogP contribution in [0.25, 0.3) is 0 Å². The fourth-order valence-electron chi connectivity index (χ4n) is 3.47. The Morgan fingerprint density at radius 2 is 1.69 bits per heavy atom. The summed E-state index contributed by atoms with van der Waals surface area (Å²) in [6.07, 6.45) is -3.05. The molecule has 0 spiro atoms. The average molecular weight is 469 g/mol. The Morgan fingerprint density at radius 1 is 1.06 bits per heavy atom. The number of primary amides is 1. The molecule has 2 aromatic rings. The molecule has 2 amide bonds. The maximum Gasteiger partial charge on any atom is 0.416 e. The van der Waals surface area contributed by atoms with E-state index in [-0.39, 0.29) is 23.4 Å². The van der Waals surface area contributed by atoms with Gasteiger partial charge in [0.25, 0.3) is 0 Å². The molecule has 1 heterocycles. The van der Waals surface area contributed by atoms with Crippen molar-refractivity contribution in [3.05, 3.63) is 65.2 Å². The predicted molar refractivity (Wildman–Crippen MR) is 110 cm³/mol. The zero-order valence-corrected chi connectivity index (χ0v) is 17.7. The zero-order valence-electron chi connectivity index (χ0n) is 16.9. The molecule has 11 heteroatoms. The average Bonchev–Trinajstić information content (AvgIpc) is 2.96. The Morgan fingerprint density at radius 3 is 2.25 bits per heavy atom. The first-order valence-electron chi connectivity index (χ1n) is 9.86. The van der Waals surface area contributed by atoms with Crippen LogP contribution >= 0.6 is 0 Å². The number of hydrogen-bond acceptors (Lipinski definition) is 4. The van der Waals surface area contributed by atoms with Crippen molar-refractivity contribution < 1.29 is 31.2 Å². The summed E-state index contributed by atoms with van der Waals surface area (Å²) in [4.78, 5) is 23.6. The van der Waals surface area contributed by atoms with Gasteiger partial charge < -0.3 is 11.1 Å². The van der Waals surface area contributed by atoms with Crippen molar-refractivity contribution >= 4 is 21.8 Å². The number of hydrogen-bond donors (Lipinski definition) is 2. The highest BCUT2D eigenvalue weighted by Gasteiger charge is 2.37. The van der Waals surface area contributed by atoms with E-state index in [1.165, 1.54) is 24.3 Å². The van der Waals surface area contributed by atoms with Gasteiger partial charge in [-0.05, 0) is 61.2 Å². The number of amides is 2. The number of halogens is 3. The summed E-state index contributed by atoms with van der Waals surface area (Å²) in [6, 6.07) is 8.04. The smallest absolute Gasteiger partial charge is 0.366 e. The van der Waals surface area contributed by atoms with Gasteiger partial charge in [0.1, 0.15) is 6.04 Å². The molecule has 0 bridgehead atoms. The molecule has 0 saturated carbocycles. The molecule has 0 aromatic heterocycles. The molecule has 0 unspecified atom stereocenters. The number of carbonyl (C=O) groups excluding carboxylic acids is 2. The van der Waals surface area contributed by atoms with E-state index in [9.17, 15) is 31.2 Å². The second-order valence-electron chi connectivity index (χ2n) is 7.44. The molecule has 3 rings (SSSR count). The van der Waals surface area contributed by atoms with Gasteiger partial charge >= 0.3 is 6.18 Å². The van der Waals surface area contributed by atoms with Crippen molar-refractivity contribution in [2.75, 3.05) is 6.54 Å². The van der Waals surface area contributed by atoms with Gasteiger partial charge in [0.05, 0.1) is 10.5 Å². The second kappa shape index (κ2) is 9.29. The van der Waals surface area contributed by atoms with Crippen molar-refractivity contribution in [2.24, 2.45) is 5.73 Å². The van der Waals surface area contributed by atoms with Gasteiger partial charge in [-0.25, -0.2) is 8.42 Å². The van der Waals surface area contributed by atoms with Crippen LogP contribution in [0.3, 0.4) is 0 Å². The predicted octanol–water partition coefficient (Wildman–Crippen LogP) is 2.66. The quantitative estimate of drug-likeness (QED) is 0.678. The minimum Gasteiger partial charge on any atom is -0.366 e. The van der Waals surface area contributed by atoms with E-state index < -0.39 is 39.6 Å². The molecule has 32 heavy (non-hydrogen) atoms. The third kappa shape index (κ3) is 5.28. The van der Waals surface area contributed by atoms with Gasteiger partial charge in [-0.2, -0.15) is 17.5 Å². The topological polar surface area (TPSA) is 110 Å². The monoisotopic (exact) mass is 469 g/mol. The van der Waals surface area contributed by atoms with E-state index >= 15 is 0 Å². The molecule has 1 fully saturated rings. The van der Waals surface area contributed by atoms with Crippen LogP contribution in [0.4, 0.5) is 13.2 Å². The maximum atomic E-state index is 13.4. The number of rotatable bonds is 6. The fourth-order valence-corrected chi connectivity index (χ4v) is 5.07. The standard InChI is InChI=1S/C21H22F3N3O4S/c22-21(23,24)16-8-10-17(11-9-16)32(30,31)27(18-3-1-2-12-26-20(18)29)13-14-4-6-15(7-5-14)19(25)28/h4-11,18H,1-3,12-13H2,(H2,25,28)(H,26,29)/t18-/m1/s1. The number of nitrogens with two attached hydrogens (primary N) is 1. The Kier molecular flexibility index (Phi) is 6.89. The fraction of sp³-hybridized carbons (Fsp3) is 0.333. The summed E-state index contributed by atoms with van der Waals surface area (Å²) in [5.41, 5.74) is 4.98. The second-order valence-corrected chi connectivity index (χ2v) is 9.33. The number of sulfonamides is 1. The summed E-state index contributed by atoms with van der Waals surface area (Å²) < 4.78 is 66.5. The zero-order chi connectivity index (χ0) is 23.5. The number of benzene rings is 2. The van der Waals surface area contributed by atoms with Crippen molar-refractivity contribution in [2.45, 2.75) is 42.9 Å². The van der Waals surface area contributed by atoms with E-state index in [0.717, 1.165) is 16.4 Å². The molecule has 1 saturated heterocycles. The number of alkyl halides is 3. The molecule has 1 aliphatic heterocycles. The van der Waals surface area contributed by atoms with Crippen LogP contribution in [0.2, 0.25) is 0 Å². The van der Waals surface area contributed by atoms with E-state index in [0.29, 0.717) is 37.1 Å². The highest BCUT2D eigenvalue weighted by atomic mass is 32.2. The summed E-state index contributed by atoms with van der Waals surface area (Å²) >= 11 is 0. The van der Waals surface area contributed by atoms with E-state index in [4.69, 9.17) is 5.73 Å². The molecule has 7 nitrogen and oxygen atoms in total. The molecular formula is C21H22F3N3O4S. The first-order chi connectivity index (χ1) is 15.0. The lowest BCUT2D eigenvalue weighted by molar-refractivity contribution is -0.137. The summed E-state index contributed by atoms with van der Waals surface area (Å²) in [7, 11) is -4.32. The number of nitrogens with zero attached hydrogens (tertiary/aromatic N) is 1. The van der Waals surface area contributed by atoms with Gasteiger partial charge in [-0.1, -0.05) is 12.1 Å². The lowest BCUT2D eigenvalue weighted by Crippen LogP contribution is -2.48. The molecule has 2 aromatic carbocycles. The van der Waals surface area contributed by atoms with Crippen LogP contribution in [0.15, 0.2) is 53.4 Å². The van der Waals surface area contributed by atoms with Crippen molar-refractivity contribution in [1.82, 2.24) is 9.62 Å². The van der Waals surface area contributed by atoms with Gasteiger partial charge in [0.15, 0.2) is 0 Å². The van der Waals surface area contributed by atoms with Crippen molar-refractivity contribution in [1.29, 1.82) is 0 Å². The lowest BCUT2D eigenvalue weighted by atomic mass is 10.1.